The molecule has 2 rings (SSSR count). The molecule has 7 heteroatoms. The number of aromatic nitrogens is 2. The zero-order valence-corrected chi connectivity index (χ0v) is 12.3. The lowest BCUT2D eigenvalue weighted by Gasteiger charge is -2.13. The number of nitrogens with zero attached hydrogens (tertiary/aromatic N) is 3. The van der Waals surface area contributed by atoms with Crippen LogP contribution in [0.25, 0.3) is 0 Å². The van der Waals surface area contributed by atoms with E-state index in [4.69, 9.17) is 0 Å². The van der Waals surface area contributed by atoms with E-state index in [-0.39, 0.29) is 5.82 Å². The van der Waals surface area contributed by atoms with Gasteiger partial charge in [0.05, 0.1) is 0 Å². The molecule has 0 aliphatic rings. The molecule has 0 aliphatic carbocycles. The number of hydrogen-bond acceptors (Lipinski definition) is 4. The zero-order chi connectivity index (χ0) is 14.9. The monoisotopic (exact) mass is 293 g/mol. The molecule has 0 saturated carbocycles. The first-order chi connectivity index (χ1) is 9.34. The normalized spacial score (nSPS) is 11.8. The minimum Gasteiger partial charge on any atom is -0.285 e. The van der Waals surface area contributed by atoms with Gasteiger partial charge in [-0.05, 0) is 6.92 Å². The van der Waals surface area contributed by atoms with Gasteiger partial charge in [-0.25, -0.2) is 8.96 Å². The molecule has 0 saturated heterocycles. The Morgan fingerprint density at radius 2 is 1.80 bits per heavy atom. The fourth-order valence-corrected chi connectivity index (χ4v) is 2.56. The molecule has 1 aromatic heterocycles. The second-order valence-electron chi connectivity index (χ2n) is 4.53. The molecular weight excluding hydrogens is 278 g/mol. The van der Waals surface area contributed by atoms with Crippen molar-refractivity contribution >= 4 is 16.0 Å². The first-order valence-corrected chi connectivity index (χ1v) is 7.31. The van der Waals surface area contributed by atoms with Gasteiger partial charge in [0.15, 0.2) is 5.82 Å². The molecule has 6 nitrogen and oxygen atoms in total. The molecular formula is C13H15N3O3S. The van der Waals surface area contributed by atoms with Crippen LogP contribution in [-0.4, -0.2) is 41.6 Å². The van der Waals surface area contributed by atoms with Crippen molar-refractivity contribution in [1.29, 1.82) is 0 Å². The predicted octanol–water partition coefficient (Wildman–Crippen LogP) is 1.08. The van der Waals surface area contributed by atoms with Gasteiger partial charge in [0, 0.05) is 32.1 Å². The lowest BCUT2D eigenvalue weighted by molar-refractivity contribution is 0.102. The molecule has 1 aromatic carbocycles. The van der Waals surface area contributed by atoms with E-state index in [0.29, 0.717) is 5.56 Å². The molecule has 2 aromatic rings. The van der Waals surface area contributed by atoms with Crippen LogP contribution in [0.5, 0.6) is 0 Å². The summed E-state index contributed by atoms with van der Waals surface area (Å²) in [6, 6.07) is 6.89. The summed E-state index contributed by atoms with van der Waals surface area (Å²) in [5, 5.41) is 0. The zero-order valence-electron chi connectivity index (χ0n) is 11.4. The highest BCUT2D eigenvalue weighted by molar-refractivity contribution is 7.87. The van der Waals surface area contributed by atoms with Crippen molar-refractivity contribution < 1.29 is 13.2 Å². The lowest BCUT2D eigenvalue weighted by Crippen LogP contribution is -2.30. The van der Waals surface area contributed by atoms with Gasteiger partial charge >= 0.3 is 10.2 Å². The van der Waals surface area contributed by atoms with E-state index < -0.39 is 16.0 Å². The van der Waals surface area contributed by atoms with E-state index in [1.54, 1.807) is 24.3 Å². The number of hydrogen-bond donors (Lipinski definition) is 0. The van der Waals surface area contributed by atoms with E-state index in [1.165, 1.54) is 26.5 Å². The minimum absolute atomic E-state index is 0.123. The fraction of sp³-hybridized carbons (Fsp3) is 0.231. The van der Waals surface area contributed by atoms with Crippen molar-refractivity contribution in [1.82, 2.24) is 13.3 Å². The number of imidazole rings is 1. The lowest BCUT2D eigenvalue weighted by atomic mass is 10.1. The van der Waals surface area contributed by atoms with Gasteiger partial charge < -0.3 is 0 Å². The van der Waals surface area contributed by atoms with Gasteiger partial charge in [-0.3, -0.25) is 4.79 Å². The van der Waals surface area contributed by atoms with Crippen LogP contribution in [0, 0.1) is 6.92 Å². The van der Waals surface area contributed by atoms with Crippen molar-refractivity contribution in [2.75, 3.05) is 14.1 Å². The highest BCUT2D eigenvalue weighted by Crippen LogP contribution is 2.12. The van der Waals surface area contributed by atoms with Crippen molar-refractivity contribution in [2.24, 2.45) is 0 Å². The Hall–Kier alpha value is -1.99. The van der Waals surface area contributed by atoms with Gasteiger partial charge in [0.25, 0.3) is 0 Å². The van der Waals surface area contributed by atoms with E-state index in [0.717, 1.165) is 13.8 Å². The molecule has 0 aliphatic heterocycles. The summed E-state index contributed by atoms with van der Waals surface area (Å²) >= 11 is 0. The number of carbonyl (C=O) groups excluding carboxylic acids is 1. The van der Waals surface area contributed by atoms with Crippen molar-refractivity contribution in [3.8, 4) is 0 Å². The average molecular weight is 293 g/mol. The molecule has 0 radical (unpaired) electrons. The Bertz CT molecular complexity index is 730. The SMILES string of the molecule is Cc1ccc(C(=O)c2nccn2S(=O)(=O)N(C)C)cc1. The summed E-state index contributed by atoms with van der Waals surface area (Å²) in [4.78, 5) is 16.2. The number of aryl methyl sites for hydroxylation is 1. The van der Waals surface area contributed by atoms with Crippen LogP contribution in [0.2, 0.25) is 0 Å². The van der Waals surface area contributed by atoms with Crippen LogP contribution in [0.1, 0.15) is 21.7 Å². The van der Waals surface area contributed by atoms with Crippen LogP contribution in [0.4, 0.5) is 0 Å². The third-order valence-electron chi connectivity index (χ3n) is 2.83. The van der Waals surface area contributed by atoms with E-state index in [9.17, 15) is 13.2 Å². The van der Waals surface area contributed by atoms with E-state index in [2.05, 4.69) is 4.98 Å². The maximum Gasteiger partial charge on any atom is 0.308 e. The maximum absolute atomic E-state index is 12.3. The molecule has 1 heterocycles. The van der Waals surface area contributed by atoms with E-state index >= 15 is 0 Å². The van der Waals surface area contributed by atoms with Crippen LogP contribution in [0.15, 0.2) is 36.7 Å². The molecule has 0 fully saturated rings. The van der Waals surface area contributed by atoms with Crippen molar-refractivity contribution in [3.63, 3.8) is 0 Å². The molecule has 0 unspecified atom stereocenters. The molecule has 0 N–H and O–H groups in total. The second kappa shape index (κ2) is 5.18. The molecule has 0 spiro atoms. The summed E-state index contributed by atoms with van der Waals surface area (Å²) in [5.74, 6) is -0.553. The highest BCUT2D eigenvalue weighted by Gasteiger charge is 2.24. The molecule has 106 valence electrons. The van der Waals surface area contributed by atoms with E-state index in [1.807, 2.05) is 6.92 Å². The summed E-state index contributed by atoms with van der Waals surface area (Å²) < 4.78 is 26.1. The Morgan fingerprint density at radius 3 is 2.35 bits per heavy atom. The number of rotatable bonds is 4. The first kappa shape index (κ1) is 14.4. The van der Waals surface area contributed by atoms with Gasteiger partial charge in [0.1, 0.15) is 0 Å². The van der Waals surface area contributed by atoms with Crippen molar-refractivity contribution in [3.05, 3.63) is 53.6 Å². The van der Waals surface area contributed by atoms with Gasteiger partial charge in [-0.2, -0.15) is 12.7 Å². The third-order valence-corrected chi connectivity index (χ3v) is 4.55. The Labute approximate surface area is 117 Å². The second-order valence-corrected chi connectivity index (χ2v) is 6.55. The summed E-state index contributed by atoms with van der Waals surface area (Å²) in [6.45, 7) is 1.91. The Morgan fingerprint density at radius 1 is 1.20 bits per heavy atom. The third kappa shape index (κ3) is 2.50. The maximum atomic E-state index is 12.3. The first-order valence-electron chi connectivity index (χ1n) is 5.92. The smallest absolute Gasteiger partial charge is 0.285 e. The van der Waals surface area contributed by atoms with Gasteiger partial charge in [-0.1, -0.05) is 29.8 Å². The largest absolute Gasteiger partial charge is 0.308 e. The van der Waals surface area contributed by atoms with Crippen LogP contribution in [0.3, 0.4) is 0 Å². The average Bonchev–Trinajstić information content (AvgIpc) is 2.88. The molecule has 0 atom stereocenters. The van der Waals surface area contributed by atoms with Gasteiger partial charge in [-0.15, -0.1) is 0 Å². The van der Waals surface area contributed by atoms with Crippen LogP contribution in [-0.2, 0) is 10.2 Å². The molecule has 20 heavy (non-hydrogen) atoms. The highest BCUT2D eigenvalue weighted by atomic mass is 32.2. The summed E-state index contributed by atoms with van der Waals surface area (Å²) in [6.07, 6.45) is 2.55. The molecule has 0 bridgehead atoms. The summed E-state index contributed by atoms with van der Waals surface area (Å²) in [7, 11) is -0.962. The minimum atomic E-state index is -3.76. The Kier molecular flexibility index (Phi) is 3.74. The predicted molar refractivity (Wildman–Crippen MR) is 74.8 cm³/mol. The standard InChI is InChI=1S/C13H15N3O3S/c1-10-4-6-11(7-5-10)12(17)13-14-8-9-16(13)20(18,19)15(2)3/h4-9H,1-3H3. The van der Waals surface area contributed by atoms with Crippen LogP contribution >= 0.6 is 0 Å². The quantitative estimate of drug-likeness (QED) is 0.791. The summed E-state index contributed by atoms with van der Waals surface area (Å²) in [5.41, 5.74) is 1.42. The number of ketones is 1. The van der Waals surface area contributed by atoms with Crippen LogP contribution < -0.4 is 0 Å². The number of benzene rings is 1. The topological polar surface area (TPSA) is 72.3 Å². The molecule has 0 amide bonds. The fourth-order valence-electron chi connectivity index (χ4n) is 1.65. The van der Waals surface area contributed by atoms with Gasteiger partial charge in [0.2, 0.25) is 5.78 Å². The Balaban J connectivity index is 2.48. The number of carbonyl (C=O) groups is 1. The van der Waals surface area contributed by atoms with Crippen molar-refractivity contribution in [2.45, 2.75) is 6.92 Å².